The van der Waals surface area contributed by atoms with Crippen LogP contribution >= 0.6 is 23.4 Å². The molecule has 1 aromatic rings. The summed E-state index contributed by atoms with van der Waals surface area (Å²) in [7, 11) is 0. The number of anilines is 1. The van der Waals surface area contributed by atoms with E-state index in [4.69, 9.17) is 11.6 Å². The molecule has 1 aromatic carbocycles. The maximum Gasteiger partial charge on any atom is 0.0471 e. The van der Waals surface area contributed by atoms with Crippen molar-refractivity contribution in [3.8, 4) is 0 Å². The third kappa shape index (κ3) is 3.81. The fourth-order valence-corrected chi connectivity index (χ4v) is 3.27. The number of hydrogen-bond donors (Lipinski definition) is 1. The molecule has 18 heavy (non-hydrogen) atoms. The summed E-state index contributed by atoms with van der Waals surface area (Å²) in [5.41, 5.74) is 2.45. The smallest absolute Gasteiger partial charge is 0.0471 e. The average molecular weight is 285 g/mol. The minimum absolute atomic E-state index is 0.853. The van der Waals surface area contributed by atoms with Crippen LogP contribution in [0.2, 0.25) is 5.02 Å². The van der Waals surface area contributed by atoms with Crippen LogP contribution in [0.15, 0.2) is 18.2 Å². The first kappa shape index (κ1) is 14.0. The lowest BCUT2D eigenvalue weighted by molar-refractivity contribution is 0.726. The Labute approximate surface area is 119 Å². The number of halogens is 1. The highest BCUT2D eigenvalue weighted by Crippen LogP contribution is 2.25. The van der Waals surface area contributed by atoms with Gasteiger partial charge in [0.1, 0.15) is 0 Å². The molecule has 4 heteroatoms. The molecule has 1 saturated heterocycles. The molecule has 0 saturated carbocycles. The molecule has 1 aliphatic heterocycles. The normalized spacial score (nSPS) is 16.7. The van der Waals surface area contributed by atoms with Crippen molar-refractivity contribution in [1.82, 2.24) is 5.32 Å². The van der Waals surface area contributed by atoms with Crippen LogP contribution in [-0.4, -0.2) is 31.1 Å². The largest absolute Gasteiger partial charge is 0.371 e. The van der Waals surface area contributed by atoms with Crippen molar-refractivity contribution in [1.29, 1.82) is 0 Å². The zero-order valence-corrected chi connectivity index (χ0v) is 12.5. The molecule has 0 bridgehead atoms. The molecule has 2 rings (SSSR count). The molecule has 1 N–H and O–H groups in total. The molecule has 0 aliphatic carbocycles. The van der Waals surface area contributed by atoms with Gasteiger partial charge in [0, 0.05) is 36.1 Å². The monoisotopic (exact) mass is 284 g/mol. The minimum atomic E-state index is 0.853. The maximum absolute atomic E-state index is 6.35. The van der Waals surface area contributed by atoms with Crippen molar-refractivity contribution in [2.75, 3.05) is 36.0 Å². The SMILES string of the molecule is CCNCc1ccc(N2CCCSCC2)cc1Cl. The number of hydrogen-bond acceptors (Lipinski definition) is 3. The van der Waals surface area contributed by atoms with E-state index >= 15 is 0 Å². The van der Waals surface area contributed by atoms with Crippen molar-refractivity contribution in [3.05, 3.63) is 28.8 Å². The van der Waals surface area contributed by atoms with E-state index in [1.165, 1.54) is 29.2 Å². The summed E-state index contributed by atoms with van der Waals surface area (Å²) in [4.78, 5) is 2.45. The number of benzene rings is 1. The van der Waals surface area contributed by atoms with Crippen LogP contribution < -0.4 is 10.2 Å². The van der Waals surface area contributed by atoms with Gasteiger partial charge in [0.25, 0.3) is 0 Å². The summed E-state index contributed by atoms with van der Waals surface area (Å²) in [5, 5.41) is 4.19. The Balaban J connectivity index is 2.06. The van der Waals surface area contributed by atoms with Gasteiger partial charge in [-0.05, 0) is 36.4 Å². The van der Waals surface area contributed by atoms with Crippen molar-refractivity contribution in [3.63, 3.8) is 0 Å². The van der Waals surface area contributed by atoms with Gasteiger partial charge in [-0.2, -0.15) is 11.8 Å². The minimum Gasteiger partial charge on any atom is -0.371 e. The van der Waals surface area contributed by atoms with Crippen LogP contribution in [0.5, 0.6) is 0 Å². The quantitative estimate of drug-likeness (QED) is 0.912. The van der Waals surface area contributed by atoms with Gasteiger partial charge in [0.05, 0.1) is 0 Å². The third-order valence-electron chi connectivity index (χ3n) is 3.19. The summed E-state index contributed by atoms with van der Waals surface area (Å²) in [6.45, 7) is 6.22. The summed E-state index contributed by atoms with van der Waals surface area (Å²) in [5.74, 6) is 2.50. The predicted octanol–water partition coefficient (Wildman–Crippen LogP) is 3.39. The fraction of sp³-hybridized carbons (Fsp3) is 0.571. The number of nitrogens with one attached hydrogen (secondary N) is 1. The van der Waals surface area contributed by atoms with Crippen molar-refractivity contribution in [2.45, 2.75) is 19.9 Å². The van der Waals surface area contributed by atoms with Gasteiger partial charge in [0.15, 0.2) is 0 Å². The van der Waals surface area contributed by atoms with Crippen LogP contribution in [-0.2, 0) is 6.54 Å². The second-order valence-electron chi connectivity index (χ2n) is 4.51. The van der Waals surface area contributed by atoms with Gasteiger partial charge in [-0.25, -0.2) is 0 Å². The Morgan fingerprint density at radius 2 is 2.22 bits per heavy atom. The molecule has 2 nitrogen and oxygen atoms in total. The molecule has 0 unspecified atom stereocenters. The van der Waals surface area contributed by atoms with Crippen molar-refractivity contribution < 1.29 is 0 Å². The van der Waals surface area contributed by atoms with Crippen molar-refractivity contribution >= 4 is 29.1 Å². The second-order valence-corrected chi connectivity index (χ2v) is 6.14. The first-order chi connectivity index (χ1) is 8.81. The van der Waals surface area contributed by atoms with Gasteiger partial charge >= 0.3 is 0 Å². The van der Waals surface area contributed by atoms with Crippen LogP contribution in [0.1, 0.15) is 18.9 Å². The fourth-order valence-electron chi connectivity index (χ4n) is 2.14. The topological polar surface area (TPSA) is 15.3 Å². The Kier molecular flexibility index (Phi) is 5.67. The second kappa shape index (κ2) is 7.27. The van der Waals surface area contributed by atoms with Gasteiger partial charge in [-0.15, -0.1) is 0 Å². The highest BCUT2D eigenvalue weighted by atomic mass is 35.5. The van der Waals surface area contributed by atoms with Crippen LogP contribution in [0, 0.1) is 0 Å². The van der Waals surface area contributed by atoms with E-state index < -0.39 is 0 Å². The Hall–Kier alpha value is -0.380. The van der Waals surface area contributed by atoms with E-state index in [0.29, 0.717) is 0 Å². The van der Waals surface area contributed by atoms with Gasteiger partial charge in [0.2, 0.25) is 0 Å². The maximum atomic E-state index is 6.35. The van der Waals surface area contributed by atoms with E-state index in [-0.39, 0.29) is 0 Å². The van der Waals surface area contributed by atoms with Gasteiger partial charge in [-0.1, -0.05) is 24.6 Å². The number of nitrogens with zero attached hydrogens (tertiary/aromatic N) is 1. The lowest BCUT2D eigenvalue weighted by atomic mass is 10.2. The summed E-state index contributed by atoms with van der Waals surface area (Å²) in [6, 6.07) is 6.47. The Morgan fingerprint density at radius 1 is 1.33 bits per heavy atom. The standard InChI is InChI=1S/C14H21ClN2S/c1-2-16-11-12-4-5-13(10-14(12)15)17-6-3-8-18-9-7-17/h4-5,10,16H,2-3,6-9,11H2,1H3. The van der Waals surface area contributed by atoms with Crippen molar-refractivity contribution in [2.24, 2.45) is 0 Å². The molecule has 0 spiro atoms. The molecule has 100 valence electrons. The van der Waals surface area contributed by atoms with E-state index in [2.05, 4.69) is 35.3 Å². The highest BCUT2D eigenvalue weighted by molar-refractivity contribution is 7.99. The number of rotatable bonds is 4. The van der Waals surface area contributed by atoms with E-state index in [9.17, 15) is 0 Å². The lowest BCUT2D eigenvalue weighted by Crippen LogP contribution is -2.25. The average Bonchev–Trinajstić information content (AvgIpc) is 2.66. The van der Waals surface area contributed by atoms with Crippen LogP contribution in [0.3, 0.4) is 0 Å². The lowest BCUT2D eigenvalue weighted by Gasteiger charge is -2.23. The summed E-state index contributed by atoms with van der Waals surface area (Å²) in [6.07, 6.45) is 1.27. The zero-order valence-electron chi connectivity index (χ0n) is 10.9. The molecule has 1 fully saturated rings. The predicted molar refractivity (Wildman–Crippen MR) is 83.0 cm³/mol. The molecule has 0 atom stereocenters. The summed E-state index contributed by atoms with van der Waals surface area (Å²) < 4.78 is 0. The number of thioether (sulfide) groups is 1. The zero-order chi connectivity index (χ0) is 12.8. The molecule has 1 heterocycles. The van der Waals surface area contributed by atoms with Crippen LogP contribution in [0.25, 0.3) is 0 Å². The highest BCUT2D eigenvalue weighted by Gasteiger charge is 2.11. The molecular formula is C14H21ClN2S. The first-order valence-electron chi connectivity index (χ1n) is 6.63. The van der Waals surface area contributed by atoms with E-state index in [0.717, 1.165) is 31.2 Å². The first-order valence-corrected chi connectivity index (χ1v) is 8.16. The molecule has 0 radical (unpaired) electrons. The van der Waals surface area contributed by atoms with Gasteiger partial charge < -0.3 is 10.2 Å². The Morgan fingerprint density at radius 3 is 3.00 bits per heavy atom. The van der Waals surface area contributed by atoms with E-state index in [1.807, 2.05) is 11.8 Å². The third-order valence-corrected chi connectivity index (χ3v) is 4.59. The van der Waals surface area contributed by atoms with E-state index in [1.54, 1.807) is 0 Å². The molecular weight excluding hydrogens is 264 g/mol. The van der Waals surface area contributed by atoms with Gasteiger partial charge in [-0.3, -0.25) is 0 Å². The summed E-state index contributed by atoms with van der Waals surface area (Å²) >= 11 is 8.40. The molecule has 1 aliphatic rings. The molecule has 0 amide bonds. The Bertz CT molecular complexity index is 376. The van der Waals surface area contributed by atoms with Crippen LogP contribution in [0.4, 0.5) is 5.69 Å². The molecule has 0 aromatic heterocycles.